The molecule has 0 bridgehead atoms. The van der Waals surface area contributed by atoms with Gasteiger partial charge < -0.3 is 15.3 Å². The van der Waals surface area contributed by atoms with E-state index in [0.29, 0.717) is 13.0 Å². The first-order valence-electron chi connectivity index (χ1n) is 6.30. The molecule has 5 nitrogen and oxygen atoms in total. The van der Waals surface area contributed by atoms with Gasteiger partial charge in [-0.05, 0) is 26.0 Å². The van der Waals surface area contributed by atoms with Crippen LogP contribution in [0.2, 0.25) is 0 Å². The van der Waals surface area contributed by atoms with Crippen molar-refractivity contribution in [2.75, 3.05) is 18.6 Å². The first-order chi connectivity index (χ1) is 8.51. The molecule has 0 aromatic heterocycles. The van der Waals surface area contributed by atoms with Crippen molar-refractivity contribution in [3.63, 3.8) is 0 Å². The summed E-state index contributed by atoms with van der Waals surface area (Å²) in [5.41, 5.74) is 0. The number of nitrogens with zero attached hydrogens (tertiary/aromatic N) is 1. The Morgan fingerprint density at radius 2 is 2.22 bits per heavy atom. The zero-order chi connectivity index (χ0) is 13.7. The third-order valence-corrected chi connectivity index (χ3v) is 4.26. The number of hydrogen-bond donors (Lipinski definition) is 2. The van der Waals surface area contributed by atoms with Crippen molar-refractivity contribution in [2.45, 2.75) is 38.8 Å². The van der Waals surface area contributed by atoms with E-state index in [1.165, 1.54) is 0 Å². The van der Waals surface area contributed by atoms with E-state index in [-0.39, 0.29) is 18.1 Å². The summed E-state index contributed by atoms with van der Waals surface area (Å²) < 4.78 is 0. The SMILES string of the molecule is CCC(CSC)NC(=O)N1CCC(C(=O)O)C1C. The molecule has 1 aliphatic heterocycles. The number of thioether (sulfide) groups is 1. The first-order valence-corrected chi connectivity index (χ1v) is 7.69. The van der Waals surface area contributed by atoms with Crippen LogP contribution in [-0.2, 0) is 4.79 Å². The number of hydrogen-bond acceptors (Lipinski definition) is 3. The predicted molar refractivity (Wildman–Crippen MR) is 72.9 cm³/mol. The lowest BCUT2D eigenvalue weighted by Crippen LogP contribution is -2.48. The van der Waals surface area contributed by atoms with Gasteiger partial charge in [0.05, 0.1) is 5.92 Å². The number of carboxylic acid groups (broad SMARTS) is 1. The molecule has 3 atom stereocenters. The van der Waals surface area contributed by atoms with Gasteiger partial charge in [0.1, 0.15) is 0 Å². The Balaban J connectivity index is 2.55. The Morgan fingerprint density at radius 1 is 1.56 bits per heavy atom. The largest absolute Gasteiger partial charge is 0.481 e. The molecule has 0 aromatic carbocycles. The number of rotatable bonds is 5. The van der Waals surface area contributed by atoms with Crippen molar-refractivity contribution in [3.8, 4) is 0 Å². The molecule has 0 aromatic rings. The zero-order valence-electron chi connectivity index (χ0n) is 11.2. The van der Waals surface area contributed by atoms with Crippen LogP contribution in [0.15, 0.2) is 0 Å². The van der Waals surface area contributed by atoms with Crippen LogP contribution in [0.5, 0.6) is 0 Å². The maximum Gasteiger partial charge on any atom is 0.317 e. The molecule has 2 N–H and O–H groups in total. The lowest BCUT2D eigenvalue weighted by atomic mass is 10.0. The fourth-order valence-electron chi connectivity index (χ4n) is 2.28. The summed E-state index contributed by atoms with van der Waals surface area (Å²) in [5, 5.41) is 12.0. The monoisotopic (exact) mass is 274 g/mol. The predicted octanol–water partition coefficient (Wildman–Crippen LogP) is 1.63. The van der Waals surface area contributed by atoms with E-state index in [1.807, 2.05) is 13.2 Å². The minimum atomic E-state index is -0.811. The van der Waals surface area contributed by atoms with Crippen LogP contribution in [-0.4, -0.2) is 52.6 Å². The van der Waals surface area contributed by atoms with Gasteiger partial charge in [0, 0.05) is 24.4 Å². The number of likely N-dealkylation sites (tertiary alicyclic amines) is 1. The van der Waals surface area contributed by atoms with E-state index in [9.17, 15) is 9.59 Å². The average molecular weight is 274 g/mol. The highest BCUT2D eigenvalue weighted by Crippen LogP contribution is 2.24. The average Bonchev–Trinajstić information content (AvgIpc) is 2.70. The summed E-state index contributed by atoms with van der Waals surface area (Å²) in [6, 6.07) is -0.204. The summed E-state index contributed by atoms with van der Waals surface area (Å²) in [6.45, 7) is 4.37. The number of carboxylic acids is 1. The Morgan fingerprint density at radius 3 is 2.67 bits per heavy atom. The molecule has 1 aliphatic rings. The van der Waals surface area contributed by atoms with Crippen LogP contribution in [0.1, 0.15) is 26.7 Å². The molecule has 0 saturated carbocycles. The van der Waals surface area contributed by atoms with Crippen LogP contribution >= 0.6 is 11.8 Å². The molecule has 104 valence electrons. The zero-order valence-corrected chi connectivity index (χ0v) is 12.0. The standard InChI is InChI=1S/C12H22N2O3S/c1-4-9(7-18-3)13-12(17)14-6-5-10(8(14)2)11(15)16/h8-10H,4-7H2,1-3H3,(H,13,17)(H,15,16). The molecule has 0 radical (unpaired) electrons. The minimum absolute atomic E-state index is 0.132. The van der Waals surface area contributed by atoms with Crippen LogP contribution in [0.25, 0.3) is 0 Å². The van der Waals surface area contributed by atoms with E-state index in [1.54, 1.807) is 23.6 Å². The Kier molecular flexibility index (Phi) is 5.78. The van der Waals surface area contributed by atoms with Crippen LogP contribution in [0.3, 0.4) is 0 Å². The van der Waals surface area contributed by atoms with Gasteiger partial charge in [0.25, 0.3) is 0 Å². The Hall–Kier alpha value is -0.910. The lowest BCUT2D eigenvalue weighted by molar-refractivity contribution is -0.142. The summed E-state index contributed by atoms with van der Waals surface area (Å²) in [6.07, 6.45) is 3.44. The highest BCUT2D eigenvalue weighted by atomic mass is 32.2. The van der Waals surface area contributed by atoms with Crippen molar-refractivity contribution in [2.24, 2.45) is 5.92 Å². The van der Waals surface area contributed by atoms with Gasteiger partial charge in [-0.25, -0.2) is 4.79 Å². The smallest absolute Gasteiger partial charge is 0.317 e. The minimum Gasteiger partial charge on any atom is -0.481 e. The molecule has 18 heavy (non-hydrogen) atoms. The van der Waals surface area contributed by atoms with Gasteiger partial charge in [-0.2, -0.15) is 11.8 Å². The molecule has 1 rings (SSSR count). The topological polar surface area (TPSA) is 69.6 Å². The summed E-state index contributed by atoms with van der Waals surface area (Å²) >= 11 is 1.70. The van der Waals surface area contributed by atoms with Gasteiger partial charge in [-0.1, -0.05) is 6.92 Å². The maximum absolute atomic E-state index is 12.1. The van der Waals surface area contributed by atoms with Crippen molar-refractivity contribution in [1.29, 1.82) is 0 Å². The van der Waals surface area contributed by atoms with Gasteiger partial charge in [-0.3, -0.25) is 4.79 Å². The number of aliphatic carboxylic acids is 1. The highest BCUT2D eigenvalue weighted by Gasteiger charge is 2.38. The molecule has 3 unspecified atom stereocenters. The molecule has 1 heterocycles. The summed E-state index contributed by atoms with van der Waals surface area (Å²) in [4.78, 5) is 24.7. The van der Waals surface area contributed by atoms with E-state index >= 15 is 0 Å². The molecule has 0 aliphatic carbocycles. The number of urea groups is 1. The van der Waals surface area contributed by atoms with E-state index in [2.05, 4.69) is 5.32 Å². The van der Waals surface area contributed by atoms with Crippen LogP contribution in [0.4, 0.5) is 4.79 Å². The molecule has 1 saturated heterocycles. The number of carbonyl (C=O) groups excluding carboxylic acids is 1. The lowest BCUT2D eigenvalue weighted by Gasteiger charge is -2.26. The van der Waals surface area contributed by atoms with Gasteiger partial charge in [0.2, 0.25) is 0 Å². The highest BCUT2D eigenvalue weighted by molar-refractivity contribution is 7.98. The van der Waals surface area contributed by atoms with Gasteiger partial charge >= 0.3 is 12.0 Å². The van der Waals surface area contributed by atoms with Crippen LogP contribution < -0.4 is 5.32 Å². The van der Waals surface area contributed by atoms with E-state index < -0.39 is 11.9 Å². The van der Waals surface area contributed by atoms with Crippen molar-refractivity contribution in [1.82, 2.24) is 10.2 Å². The van der Waals surface area contributed by atoms with Gasteiger partial charge in [0.15, 0.2) is 0 Å². The van der Waals surface area contributed by atoms with Gasteiger partial charge in [-0.15, -0.1) is 0 Å². The quantitative estimate of drug-likeness (QED) is 0.799. The molecular formula is C12H22N2O3S. The number of amides is 2. The fraction of sp³-hybridized carbons (Fsp3) is 0.833. The van der Waals surface area contributed by atoms with Crippen molar-refractivity contribution >= 4 is 23.8 Å². The Bertz CT molecular complexity index is 312. The second-order valence-electron chi connectivity index (χ2n) is 4.68. The third kappa shape index (κ3) is 3.54. The van der Waals surface area contributed by atoms with Crippen molar-refractivity contribution < 1.29 is 14.7 Å². The number of carbonyl (C=O) groups is 2. The molecule has 0 spiro atoms. The Labute approximate surface area is 112 Å². The first kappa shape index (κ1) is 15.1. The second kappa shape index (κ2) is 6.87. The summed E-state index contributed by atoms with van der Waals surface area (Å²) in [7, 11) is 0. The molecular weight excluding hydrogens is 252 g/mol. The maximum atomic E-state index is 12.1. The molecule has 2 amide bonds. The van der Waals surface area contributed by atoms with E-state index in [4.69, 9.17) is 5.11 Å². The second-order valence-corrected chi connectivity index (χ2v) is 5.59. The van der Waals surface area contributed by atoms with Crippen LogP contribution in [0, 0.1) is 5.92 Å². The molecule has 6 heteroatoms. The molecule has 1 fully saturated rings. The van der Waals surface area contributed by atoms with E-state index in [0.717, 1.165) is 12.2 Å². The summed E-state index contributed by atoms with van der Waals surface area (Å²) in [5.74, 6) is -0.363. The number of nitrogens with one attached hydrogen (secondary N) is 1. The normalized spacial score (nSPS) is 24.9. The third-order valence-electron chi connectivity index (χ3n) is 3.52. The fourth-order valence-corrected chi connectivity index (χ4v) is 3.00. The van der Waals surface area contributed by atoms with Crippen molar-refractivity contribution in [3.05, 3.63) is 0 Å².